The van der Waals surface area contributed by atoms with Crippen LogP contribution in [0.5, 0.6) is 0 Å². The van der Waals surface area contributed by atoms with Gasteiger partial charge in [0.2, 0.25) is 0 Å². The molecule has 2 heteroatoms. The molecule has 90 valence electrons. The first kappa shape index (κ1) is 13.0. The quantitative estimate of drug-likeness (QED) is 0.509. The minimum atomic E-state index is 0.607. The number of aryl methyl sites for hydroxylation is 1. The molecule has 0 saturated carbocycles. The lowest BCUT2D eigenvalue weighted by Gasteiger charge is -2.16. The second-order valence-corrected chi connectivity index (χ2v) is 4.09. The van der Waals surface area contributed by atoms with Crippen molar-refractivity contribution in [3.63, 3.8) is 0 Å². The topological polar surface area (TPSA) is 25.2 Å². The molecule has 0 aliphatic heterocycles. The van der Waals surface area contributed by atoms with Gasteiger partial charge in [-0.05, 0) is 44.4 Å². The van der Waals surface area contributed by atoms with Gasteiger partial charge in [0.05, 0.1) is 6.26 Å². The summed E-state index contributed by atoms with van der Waals surface area (Å²) in [6.07, 6.45) is 9.48. The van der Waals surface area contributed by atoms with E-state index in [1.54, 1.807) is 6.26 Å². The molecule has 1 aromatic heterocycles. The smallest absolute Gasteiger partial charge is 0.103 e. The average molecular weight is 221 g/mol. The lowest BCUT2D eigenvalue weighted by molar-refractivity contribution is 0.426. The molecule has 0 radical (unpaired) electrons. The Morgan fingerprint density at radius 2 is 2.38 bits per heavy atom. The van der Waals surface area contributed by atoms with E-state index in [9.17, 15) is 0 Å². The van der Waals surface area contributed by atoms with Gasteiger partial charge >= 0.3 is 0 Å². The van der Waals surface area contributed by atoms with Crippen LogP contribution in [0.3, 0.4) is 0 Å². The van der Waals surface area contributed by atoms with Crippen molar-refractivity contribution < 1.29 is 4.42 Å². The van der Waals surface area contributed by atoms with E-state index in [2.05, 4.69) is 18.8 Å². The summed E-state index contributed by atoms with van der Waals surface area (Å²) < 4.78 is 5.34. The number of nitrogens with one attached hydrogen (secondary N) is 1. The molecule has 2 nitrogen and oxygen atoms in total. The van der Waals surface area contributed by atoms with Gasteiger partial charge in [-0.2, -0.15) is 0 Å². The van der Waals surface area contributed by atoms with Gasteiger partial charge in [-0.15, -0.1) is 6.58 Å². The van der Waals surface area contributed by atoms with Crippen LogP contribution in [0.2, 0.25) is 0 Å². The van der Waals surface area contributed by atoms with Crippen LogP contribution < -0.4 is 5.32 Å². The van der Waals surface area contributed by atoms with Gasteiger partial charge in [0.15, 0.2) is 0 Å². The van der Waals surface area contributed by atoms with E-state index in [0.29, 0.717) is 6.04 Å². The minimum absolute atomic E-state index is 0.607. The van der Waals surface area contributed by atoms with Crippen molar-refractivity contribution in [3.05, 3.63) is 36.8 Å². The predicted octanol–water partition coefficient (Wildman–Crippen LogP) is 3.55. The van der Waals surface area contributed by atoms with Gasteiger partial charge in [-0.25, -0.2) is 0 Å². The van der Waals surface area contributed by atoms with E-state index in [1.807, 2.05) is 18.2 Å². The minimum Gasteiger partial charge on any atom is -0.469 e. The van der Waals surface area contributed by atoms with Crippen LogP contribution in [-0.2, 0) is 6.42 Å². The Balaban J connectivity index is 2.23. The Morgan fingerprint density at radius 3 is 3.00 bits per heavy atom. The summed E-state index contributed by atoms with van der Waals surface area (Å²) in [5.74, 6) is 1.09. The lowest BCUT2D eigenvalue weighted by atomic mass is 10.0. The fourth-order valence-electron chi connectivity index (χ4n) is 1.92. The summed E-state index contributed by atoms with van der Waals surface area (Å²) in [5, 5.41) is 3.53. The molecule has 0 aliphatic carbocycles. The van der Waals surface area contributed by atoms with E-state index in [0.717, 1.165) is 31.6 Å². The molecule has 0 aliphatic rings. The Kier molecular flexibility index (Phi) is 6.66. The van der Waals surface area contributed by atoms with Crippen molar-refractivity contribution in [2.24, 2.45) is 0 Å². The molecule has 1 heterocycles. The standard InChI is InChI=1S/C14H23NO/c1-3-5-6-8-13(15-4-2)10-11-14-9-7-12-16-14/h3,7,9,12-13,15H,1,4-6,8,10-11H2,2H3. The molecule has 0 amide bonds. The zero-order valence-corrected chi connectivity index (χ0v) is 10.2. The zero-order chi connectivity index (χ0) is 11.6. The molecule has 16 heavy (non-hydrogen) atoms. The highest BCUT2D eigenvalue weighted by atomic mass is 16.3. The van der Waals surface area contributed by atoms with Crippen molar-refractivity contribution >= 4 is 0 Å². The monoisotopic (exact) mass is 221 g/mol. The van der Waals surface area contributed by atoms with Crippen LogP contribution in [0.4, 0.5) is 0 Å². The van der Waals surface area contributed by atoms with E-state index in [-0.39, 0.29) is 0 Å². The van der Waals surface area contributed by atoms with Crippen LogP contribution in [0, 0.1) is 0 Å². The van der Waals surface area contributed by atoms with Gasteiger partial charge < -0.3 is 9.73 Å². The molecule has 1 N–H and O–H groups in total. The molecule has 0 fully saturated rings. The van der Waals surface area contributed by atoms with Crippen LogP contribution in [0.1, 0.15) is 38.4 Å². The zero-order valence-electron chi connectivity index (χ0n) is 10.2. The van der Waals surface area contributed by atoms with Gasteiger partial charge in [-0.3, -0.25) is 0 Å². The highest BCUT2D eigenvalue weighted by Gasteiger charge is 2.07. The second-order valence-electron chi connectivity index (χ2n) is 4.09. The number of rotatable bonds is 9. The van der Waals surface area contributed by atoms with E-state index < -0.39 is 0 Å². The summed E-state index contributed by atoms with van der Waals surface area (Å²) >= 11 is 0. The van der Waals surface area contributed by atoms with Gasteiger partial charge in [-0.1, -0.05) is 13.0 Å². The Bertz CT molecular complexity index is 266. The number of unbranched alkanes of at least 4 members (excludes halogenated alkanes) is 1. The third kappa shape index (κ3) is 5.17. The summed E-state index contributed by atoms with van der Waals surface area (Å²) in [7, 11) is 0. The number of hydrogen-bond donors (Lipinski definition) is 1. The first-order valence-corrected chi connectivity index (χ1v) is 6.23. The maximum absolute atomic E-state index is 5.34. The molecule has 0 saturated heterocycles. The van der Waals surface area contributed by atoms with Crippen molar-refractivity contribution in [2.45, 2.75) is 45.1 Å². The Hall–Kier alpha value is -1.02. The molecule has 1 aromatic rings. The van der Waals surface area contributed by atoms with E-state index >= 15 is 0 Å². The van der Waals surface area contributed by atoms with Crippen LogP contribution in [0.15, 0.2) is 35.5 Å². The fraction of sp³-hybridized carbons (Fsp3) is 0.571. The van der Waals surface area contributed by atoms with Crippen molar-refractivity contribution in [1.82, 2.24) is 5.32 Å². The largest absolute Gasteiger partial charge is 0.469 e. The third-order valence-corrected chi connectivity index (χ3v) is 2.77. The number of allylic oxidation sites excluding steroid dienone is 1. The molecular formula is C14H23NO. The predicted molar refractivity (Wildman–Crippen MR) is 68.5 cm³/mol. The summed E-state index contributed by atoms with van der Waals surface area (Å²) in [5.41, 5.74) is 0. The lowest BCUT2D eigenvalue weighted by Crippen LogP contribution is -2.29. The maximum Gasteiger partial charge on any atom is 0.103 e. The Morgan fingerprint density at radius 1 is 1.50 bits per heavy atom. The fourth-order valence-corrected chi connectivity index (χ4v) is 1.92. The third-order valence-electron chi connectivity index (χ3n) is 2.77. The summed E-state index contributed by atoms with van der Waals surface area (Å²) in [6, 6.07) is 4.61. The van der Waals surface area contributed by atoms with Crippen molar-refractivity contribution in [3.8, 4) is 0 Å². The molecule has 0 aromatic carbocycles. The molecular weight excluding hydrogens is 198 g/mol. The van der Waals surface area contributed by atoms with Crippen LogP contribution >= 0.6 is 0 Å². The molecule has 1 atom stereocenters. The highest BCUT2D eigenvalue weighted by molar-refractivity contribution is 4.98. The van der Waals surface area contributed by atoms with Gasteiger partial charge in [0.25, 0.3) is 0 Å². The maximum atomic E-state index is 5.34. The van der Waals surface area contributed by atoms with E-state index in [4.69, 9.17) is 4.42 Å². The summed E-state index contributed by atoms with van der Waals surface area (Å²) in [6.45, 7) is 6.95. The highest BCUT2D eigenvalue weighted by Crippen LogP contribution is 2.10. The number of hydrogen-bond acceptors (Lipinski definition) is 2. The average Bonchev–Trinajstić information content (AvgIpc) is 2.79. The first-order chi connectivity index (χ1) is 7.86. The summed E-state index contributed by atoms with van der Waals surface area (Å²) in [4.78, 5) is 0. The van der Waals surface area contributed by atoms with E-state index in [1.165, 1.54) is 12.8 Å². The van der Waals surface area contributed by atoms with Crippen LogP contribution in [-0.4, -0.2) is 12.6 Å². The number of furan rings is 1. The van der Waals surface area contributed by atoms with Gasteiger partial charge in [0, 0.05) is 12.5 Å². The molecule has 1 unspecified atom stereocenters. The molecule has 0 spiro atoms. The first-order valence-electron chi connectivity index (χ1n) is 6.23. The molecule has 1 rings (SSSR count). The van der Waals surface area contributed by atoms with Crippen LogP contribution in [0.25, 0.3) is 0 Å². The van der Waals surface area contributed by atoms with Crippen molar-refractivity contribution in [2.75, 3.05) is 6.54 Å². The Labute approximate surface area is 98.7 Å². The van der Waals surface area contributed by atoms with Gasteiger partial charge in [0.1, 0.15) is 5.76 Å². The molecule has 0 bridgehead atoms. The normalized spacial score (nSPS) is 12.6. The van der Waals surface area contributed by atoms with Crippen molar-refractivity contribution in [1.29, 1.82) is 0 Å². The second kappa shape index (κ2) is 8.17. The SMILES string of the molecule is C=CCCCC(CCc1ccco1)NCC.